The number of benzene rings is 2. The minimum Gasteiger partial charge on any atom is -0.439 e. The lowest BCUT2D eigenvalue weighted by Crippen LogP contribution is -2.32. The van der Waals surface area contributed by atoms with Crippen molar-refractivity contribution in [2.75, 3.05) is 0 Å². The molecule has 0 bridgehead atoms. The second-order valence-electron chi connectivity index (χ2n) is 12.1. The molecule has 0 amide bonds. The van der Waals surface area contributed by atoms with E-state index in [0.29, 0.717) is 23.1 Å². The summed E-state index contributed by atoms with van der Waals surface area (Å²) in [5, 5.41) is 2.21. The van der Waals surface area contributed by atoms with Crippen molar-refractivity contribution in [3.8, 4) is 0 Å². The molecule has 5 heteroatoms. The molecule has 0 N–H and O–H groups in total. The Kier molecular flexibility index (Phi) is 6.56. The SMILES string of the molecule is Cc1c(C2(c3c(C)n(CCC(C)C)c4ccccc34)OC(=O)c3cccnc32)c2ccccc2n1CCC(C)C. The van der Waals surface area contributed by atoms with E-state index in [0.717, 1.165) is 70.3 Å². The Bertz CT molecular complexity index is 1640. The molecule has 206 valence electrons. The topological polar surface area (TPSA) is 49.1 Å². The number of hydrogen-bond acceptors (Lipinski definition) is 3. The second kappa shape index (κ2) is 9.96. The molecule has 5 nitrogen and oxygen atoms in total. The first-order chi connectivity index (χ1) is 19.3. The summed E-state index contributed by atoms with van der Waals surface area (Å²) < 4.78 is 11.5. The van der Waals surface area contributed by atoms with Crippen LogP contribution in [0.1, 0.15) is 79.1 Å². The number of rotatable bonds is 8. The van der Waals surface area contributed by atoms with Crippen LogP contribution >= 0.6 is 0 Å². The van der Waals surface area contributed by atoms with E-state index in [1.165, 1.54) is 0 Å². The van der Waals surface area contributed by atoms with Gasteiger partial charge in [-0.2, -0.15) is 0 Å². The predicted molar refractivity (Wildman–Crippen MR) is 162 cm³/mol. The highest BCUT2D eigenvalue weighted by Crippen LogP contribution is 2.53. The number of fused-ring (bicyclic) bond motifs is 3. The smallest absolute Gasteiger partial charge is 0.341 e. The molecule has 0 saturated heterocycles. The van der Waals surface area contributed by atoms with Gasteiger partial charge >= 0.3 is 5.97 Å². The highest BCUT2D eigenvalue weighted by molar-refractivity contribution is 6.00. The van der Waals surface area contributed by atoms with Gasteiger partial charge in [-0.25, -0.2) is 4.79 Å². The van der Waals surface area contributed by atoms with Gasteiger partial charge in [0.25, 0.3) is 0 Å². The Morgan fingerprint density at radius 2 is 1.25 bits per heavy atom. The zero-order valence-electron chi connectivity index (χ0n) is 24.5. The Balaban J connectivity index is 1.74. The summed E-state index contributed by atoms with van der Waals surface area (Å²) >= 11 is 0. The van der Waals surface area contributed by atoms with Gasteiger partial charge in [0.15, 0.2) is 0 Å². The highest BCUT2D eigenvalue weighted by atomic mass is 16.6. The average Bonchev–Trinajstić information content (AvgIpc) is 3.50. The van der Waals surface area contributed by atoms with Crippen LogP contribution in [-0.2, 0) is 23.4 Å². The van der Waals surface area contributed by atoms with Crippen molar-refractivity contribution < 1.29 is 9.53 Å². The van der Waals surface area contributed by atoms with E-state index >= 15 is 0 Å². The second-order valence-corrected chi connectivity index (χ2v) is 12.1. The van der Waals surface area contributed by atoms with Gasteiger partial charge in [0.05, 0.1) is 5.56 Å². The van der Waals surface area contributed by atoms with Gasteiger partial charge in [-0.05, 0) is 62.8 Å². The molecule has 2 aromatic carbocycles. The molecule has 5 aromatic rings. The minimum atomic E-state index is -1.16. The molecule has 3 aromatic heterocycles. The zero-order valence-corrected chi connectivity index (χ0v) is 24.5. The van der Waals surface area contributed by atoms with E-state index in [2.05, 4.69) is 99.2 Å². The van der Waals surface area contributed by atoms with Crippen molar-refractivity contribution in [1.29, 1.82) is 0 Å². The van der Waals surface area contributed by atoms with E-state index in [-0.39, 0.29) is 5.97 Å². The van der Waals surface area contributed by atoms with Gasteiger partial charge < -0.3 is 13.9 Å². The first-order valence-electron chi connectivity index (χ1n) is 14.6. The molecule has 0 fully saturated rings. The molecule has 0 unspecified atom stereocenters. The van der Waals surface area contributed by atoms with Gasteiger partial charge in [0.1, 0.15) is 5.69 Å². The number of aromatic nitrogens is 3. The third kappa shape index (κ3) is 3.89. The minimum absolute atomic E-state index is 0.320. The number of nitrogens with zero attached hydrogens (tertiary/aromatic N) is 3. The van der Waals surface area contributed by atoms with Crippen LogP contribution in [0.4, 0.5) is 0 Å². The summed E-state index contributed by atoms with van der Waals surface area (Å²) in [7, 11) is 0. The van der Waals surface area contributed by atoms with Crippen LogP contribution in [0, 0.1) is 25.7 Å². The summed E-state index contributed by atoms with van der Waals surface area (Å²) in [6.07, 6.45) is 3.92. The van der Waals surface area contributed by atoms with Crippen LogP contribution in [0.15, 0.2) is 66.9 Å². The Labute approximate surface area is 236 Å². The number of ether oxygens (including phenoxy) is 1. The van der Waals surface area contributed by atoms with E-state index in [1.54, 1.807) is 6.20 Å². The molecule has 1 aliphatic heterocycles. The van der Waals surface area contributed by atoms with Crippen LogP contribution in [0.5, 0.6) is 0 Å². The maximum Gasteiger partial charge on any atom is 0.341 e. The first-order valence-corrected chi connectivity index (χ1v) is 14.6. The molecule has 40 heavy (non-hydrogen) atoms. The Morgan fingerprint density at radius 3 is 1.75 bits per heavy atom. The number of pyridine rings is 1. The lowest BCUT2D eigenvalue weighted by molar-refractivity contribution is 0.0247. The first kappa shape index (κ1) is 26.4. The molecule has 0 saturated carbocycles. The van der Waals surface area contributed by atoms with E-state index in [1.807, 2.05) is 12.1 Å². The fourth-order valence-electron chi connectivity index (χ4n) is 6.66. The molecule has 0 spiro atoms. The van der Waals surface area contributed by atoms with Crippen molar-refractivity contribution in [2.45, 2.75) is 73.1 Å². The van der Waals surface area contributed by atoms with Gasteiger partial charge in [-0.3, -0.25) is 4.98 Å². The molecule has 4 heterocycles. The molecule has 0 radical (unpaired) electrons. The number of hydrogen-bond donors (Lipinski definition) is 0. The summed E-state index contributed by atoms with van der Waals surface area (Å²) in [4.78, 5) is 18.6. The summed E-state index contributed by atoms with van der Waals surface area (Å²) in [6.45, 7) is 15.2. The standard InChI is InChI=1S/C35H39N3O2/c1-22(2)17-20-37-24(5)31(26-12-7-9-15-29(26)37)35(33-28(34(39)40-35)14-11-19-36-33)32-25(6)38(21-18-23(3)4)30-16-10-8-13-27(30)32/h7-16,19,22-23H,17-18,20-21H2,1-6H3. The number of para-hydroxylation sites is 2. The normalized spacial score (nSPS) is 14.6. The lowest BCUT2D eigenvalue weighted by atomic mass is 9.80. The largest absolute Gasteiger partial charge is 0.439 e. The van der Waals surface area contributed by atoms with Crippen LogP contribution in [0.3, 0.4) is 0 Å². The molecule has 0 atom stereocenters. The summed E-state index contributed by atoms with van der Waals surface area (Å²) in [5.74, 6) is 0.830. The van der Waals surface area contributed by atoms with Gasteiger partial charge in [-0.15, -0.1) is 0 Å². The third-order valence-corrected chi connectivity index (χ3v) is 8.63. The number of carbonyl (C=O) groups is 1. The van der Waals surface area contributed by atoms with Crippen molar-refractivity contribution in [2.24, 2.45) is 11.8 Å². The summed E-state index contributed by atoms with van der Waals surface area (Å²) in [6, 6.07) is 20.8. The van der Waals surface area contributed by atoms with Crippen molar-refractivity contribution >= 4 is 27.8 Å². The highest BCUT2D eigenvalue weighted by Gasteiger charge is 2.54. The number of carbonyl (C=O) groups excluding carboxylic acids is 1. The number of esters is 1. The Hall–Kier alpha value is -3.86. The van der Waals surface area contributed by atoms with Crippen LogP contribution < -0.4 is 0 Å². The lowest BCUT2D eigenvalue weighted by Gasteiger charge is -2.30. The fourth-order valence-corrected chi connectivity index (χ4v) is 6.66. The van der Waals surface area contributed by atoms with E-state index in [4.69, 9.17) is 9.72 Å². The predicted octanol–water partition coefficient (Wildman–Crippen LogP) is 8.16. The Morgan fingerprint density at radius 1 is 0.750 bits per heavy atom. The number of aryl methyl sites for hydroxylation is 2. The maximum absolute atomic E-state index is 13.7. The van der Waals surface area contributed by atoms with Gasteiger partial charge in [0, 0.05) is 63.6 Å². The third-order valence-electron chi connectivity index (χ3n) is 8.63. The van der Waals surface area contributed by atoms with E-state index in [9.17, 15) is 4.79 Å². The fraction of sp³-hybridized carbons (Fsp3) is 0.371. The van der Waals surface area contributed by atoms with Crippen molar-refractivity contribution in [3.05, 3.63) is 101 Å². The van der Waals surface area contributed by atoms with Gasteiger partial charge in [-0.1, -0.05) is 64.1 Å². The van der Waals surface area contributed by atoms with Crippen molar-refractivity contribution in [3.63, 3.8) is 0 Å². The summed E-state index contributed by atoms with van der Waals surface area (Å²) in [5.41, 5.74) is 6.67. The quantitative estimate of drug-likeness (QED) is 0.189. The zero-order chi connectivity index (χ0) is 28.2. The number of cyclic esters (lactones) is 1. The average molecular weight is 534 g/mol. The maximum atomic E-state index is 13.7. The van der Waals surface area contributed by atoms with Crippen molar-refractivity contribution in [1.82, 2.24) is 14.1 Å². The van der Waals surface area contributed by atoms with Crippen LogP contribution in [0.2, 0.25) is 0 Å². The molecular weight excluding hydrogens is 494 g/mol. The van der Waals surface area contributed by atoms with Crippen LogP contribution in [-0.4, -0.2) is 20.1 Å². The van der Waals surface area contributed by atoms with E-state index < -0.39 is 5.60 Å². The van der Waals surface area contributed by atoms with Crippen LogP contribution in [0.25, 0.3) is 21.8 Å². The monoisotopic (exact) mass is 533 g/mol. The molecule has 6 rings (SSSR count). The van der Waals surface area contributed by atoms with Gasteiger partial charge in [0.2, 0.25) is 5.60 Å². The molecular formula is C35H39N3O2. The molecule has 0 aliphatic carbocycles. The molecule has 1 aliphatic rings.